The number of hydrogen-bond acceptors (Lipinski definition) is 5. The highest BCUT2D eigenvalue weighted by Gasteiger charge is 2.32. The van der Waals surface area contributed by atoms with Crippen molar-refractivity contribution in [1.82, 2.24) is 10.2 Å². The number of amides is 2. The Labute approximate surface area is 214 Å². The van der Waals surface area contributed by atoms with Gasteiger partial charge in [0, 0.05) is 18.7 Å². The van der Waals surface area contributed by atoms with Crippen LogP contribution in [0, 0.1) is 12.8 Å². The topological polar surface area (TPSA) is 104 Å². The molecule has 0 aliphatic heterocycles. The number of carbonyl (C=O) groups is 3. The molecule has 0 radical (unpaired) electrons. The molecule has 0 fully saturated rings. The van der Waals surface area contributed by atoms with E-state index in [0.717, 1.165) is 21.7 Å². The number of nitrogens with zero attached hydrogens (tertiary/aromatic N) is 2. The summed E-state index contributed by atoms with van der Waals surface area (Å²) in [5.41, 5.74) is 2.38. The molecule has 0 spiro atoms. The number of benzene rings is 2. The minimum absolute atomic E-state index is 0.157. The van der Waals surface area contributed by atoms with E-state index in [-0.39, 0.29) is 29.8 Å². The fourth-order valence-electron chi connectivity index (χ4n) is 3.81. The van der Waals surface area contributed by atoms with Crippen molar-refractivity contribution in [3.8, 4) is 0 Å². The normalized spacial score (nSPS) is 12.2. The standard InChI is InChI=1S/C27H37N3O5S/c1-7-25(27(33)28-16-19(2)3)29(17-23-12-9-8-11-20(23)4)26(32)18-30(36(6,34)35)24-14-10-13-22(15-24)21(5)31/h8-15,19,25H,7,16-18H2,1-6H3,(H,28,33)/t25-/m1/s1. The summed E-state index contributed by atoms with van der Waals surface area (Å²) >= 11 is 0. The molecular weight excluding hydrogens is 478 g/mol. The summed E-state index contributed by atoms with van der Waals surface area (Å²) in [4.78, 5) is 40.1. The lowest BCUT2D eigenvalue weighted by molar-refractivity contribution is -0.140. The molecular formula is C27H37N3O5S. The second kappa shape index (κ2) is 12.7. The Balaban J connectivity index is 2.47. The number of nitrogens with one attached hydrogen (secondary N) is 1. The van der Waals surface area contributed by atoms with Crippen molar-refractivity contribution in [3.05, 3.63) is 65.2 Å². The first-order valence-corrected chi connectivity index (χ1v) is 13.9. The van der Waals surface area contributed by atoms with E-state index in [1.165, 1.54) is 17.9 Å². The highest BCUT2D eigenvalue weighted by molar-refractivity contribution is 7.92. The van der Waals surface area contributed by atoms with Crippen LogP contribution in [-0.2, 0) is 26.2 Å². The zero-order valence-corrected chi connectivity index (χ0v) is 22.8. The van der Waals surface area contributed by atoms with E-state index in [2.05, 4.69) is 5.32 Å². The average Bonchev–Trinajstić information content (AvgIpc) is 2.81. The molecule has 0 aliphatic rings. The van der Waals surface area contributed by atoms with Gasteiger partial charge in [-0.15, -0.1) is 0 Å². The Morgan fingerprint density at radius 1 is 1.03 bits per heavy atom. The zero-order valence-electron chi connectivity index (χ0n) is 21.9. The van der Waals surface area contributed by atoms with Crippen molar-refractivity contribution >= 4 is 33.3 Å². The van der Waals surface area contributed by atoms with Crippen molar-refractivity contribution in [3.63, 3.8) is 0 Å². The van der Waals surface area contributed by atoms with Crippen LogP contribution in [0.15, 0.2) is 48.5 Å². The lowest BCUT2D eigenvalue weighted by Gasteiger charge is -2.33. The van der Waals surface area contributed by atoms with Crippen LogP contribution < -0.4 is 9.62 Å². The van der Waals surface area contributed by atoms with Gasteiger partial charge in [-0.05, 0) is 49.4 Å². The number of aryl methyl sites for hydroxylation is 1. The van der Waals surface area contributed by atoms with Crippen LogP contribution in [0.5, 0.6) is 0 Å². The highest BCUT2D eigenvalue weighted by atomic mass is 32.2. The summed E-state index contributed by atoms with van der Waals surface area (Å²) in [6.07, 6.45) is 1.37. The van der Waals surface area contributed by atoms with Gasteiger partial charge in [-0.3, -0.25) is 18.7 Å². The predicted molar refractivity (Wildman–Crippen MR) is 142 cm³/mol. The van der Waals surface area contributed by atoms with Crippen molar-refractivity contribution in [2.75, 3.05) is 23.7 Å². The summed E-state index contributed by atoms with van der Waals surface area (Å²) in [5, 5.41) is 2.90. The summed E-state index contributed by atoms with van der Waals surface area (Å²) in [7, 11) is -3.87. The second-order valence-corrected chi connectivity index (χ2v) is 11.3. The summed E-state index contributed by atoms with van der Waals surface area (Å²) in [6, 6.07) is 13.0. The van der Waals surface area contributed by atoms with Gasteiger partial charge in [0.05, 0.1) is 11.9 Å². The molecule has 36 heavy (non-hydrogen) atoms. The summed E-state index contributed by atoms with van der Waals surface area (Å²) in [5.74, 6) is -0.770. The van der Waals surface area contributed by atoms with Gasteiger partial charge in [-0.2, -0.15) is 0 Å². The van der Waals surface area contributed by atoms with Gasteiger partial charge in [0.15, 0.2) is 5.78 Å². The minimum Gasteiger partial charge on any atom is -0.354 e. The summed E-state index contributed by atoms with van der Waals surface area (Å²) < 4.78 is 26.4. The minimum atomic E-state index is -3.87. The van der Waals surface area contributed by atoms with Crippen LogP contribution in [0.1, 0.15) is 55.6 Å². The van der Waals surface area contributed by atoms with Crippen molar-refractivity contribution in [1.29, 1.82) is 0 Å². The molecule has 1 atom stereocenters. The van der Waals surface area contributed by atoms with E-state index in [4.69, 9.17) is 0 Å². The molecule has 0 heterocycles. The number of carbonyl (C=O) groups excluding carboxylic acids is 3. The van der Waals surface area contributed by atoms with Gasteiger partial charge < -0.3 is 10.2 Å². The fraction of sp³-hybridized carbons (Fsp3) is 0.444. The summed E-state index contributed by atoms with van der Waals surface area (Å²) in [6.45, 7) is 9.23. The Morgan fingerprint density at radius 3 is 2.25 bits per heavy atom. The average molecular weight is 516 g/mol. The molecule has 0 unspecified atom stereocenters. The van der Waals surface area contributed by atoms with Gasteiger partial charge in [-0.1, -0.05) is 57.2 Å². The molecule has 8 nitrogen and oxygen atoms in total. The maximum absolute atomic E-state index is 13.7. The predicted octanol–water partition coefficient (Wildman–Crippen LogP) is 3.54. The van der Waals surface area contributed by atoms with Crippen LogP contribution in [0.25, 0.3) is 0 Å². The third kappa shape index (κ3) is 7.91. The highest BCUT2D eigenvalue weighted by Crippen LogP contribution is 2.22. The first-order chi connectivity index (χ1) is 16.8. The van der Waals surface area contributed by atoms with Crippen molar-refractivity contribution < 1.29 is 22.8 Å². The molecule has 0 saturated heterocycles. The Bertz CT molecular complexity index is 1190. The lowest BCUT2D eigenvalue weighted by atomic mass is 10.1. The second-order valence-electron chi connectivity index (χ2n) is 9.39. The Hall–Kier alpha value is -3.20. The first-order valence-electron chi connectivity index (χ1n) is 12.1. The molecule has 9 heteroatoms. The van der Waals surface area contributed by atoms with E-state index in [0.29, 0.717) is 18.5 Å². The third-order valence-electron chi connectivity index (χ3n) is 5.89. The molecule has 2 rings (SSSR count). The molecule has 0 aromatic heterocycles. The fourth-order valence-corrected chi connectivity index (χ4v) is 4.65. The number of Topliss-reactive ketones (excluding diaryl/α,β-unsaturated/α-hetero) is 1. The van der Waals surface area contributed by atoms with Gasteiger partial charge >= 0.3 is 0 Å². The van der Waals surface area contributed by atoms with Crippen LogP contribution in [-0.4, -0.2) is 56.3 Å². The van der Waals surface area contributed by atoms with Crippen LogP contribution >= 0.6 is 0 Å². The molecule has 2 aromatic rings. The van der Waals surface area contributed by atoms with E-state index in [1.54, 1.807) is 18.2 Å². The molecule has 1 N–H and O–H groups in total. The smallest absolute Gasteiger partial charge is 0.244 e. The largest absolute Gasteiger partial charge is 0.354 e. The van der Waals surface area contributed by atoms with Crippen molar-refractivity contribution in [2.45, 2.75) is 53.6 Å². The van der Waals surface area contributed by atoms with Crippen LogP contribution in [0.4, 0.5) is 5.69 Å². The molecule has 196 valence electrons. The van der Waals surface area contributed by atoms with Gasteiger partial charge in [0.25, 0.3) is 0 Å². The maximum atomic E-state index is 13.7. The van der Waals surface area contributed by atoms with Crippen molar-refractivity contribution in [2.24, 2.45) is 5.92 Å². The Morgan fingerprint density at radius 2 is 1.69 bits per heavy atom. The van der Waals surface area contributed by atoms with Crippen LogP contribution in [0.3, 0.4) is 0 Å². The van der Waals surface area contributed by atoms with E-state index < -0.39 is 28.5 Å². The van der Waals surface area contributed by atoms with Crippen LogP contribution in [0.2, 0.25) is 0 Å². The molecule has 2 aromatic carbocycles. The molecule has 0 saturated carbocycles. The number of hydrogen-bond donors (Lipinski definition) is 1. The number of rotatable bonds is 12. The lowest BCUT2D eigenvalue weighted by Crippen LogP contribution is -2.52. The van der Waals surface area contributed by atoms with E-state index >= 15 is 0 Å². The number of sulfonamides is 1. The number of anilines is 1. The Kier molecular flexibility index (Phi) is 10.2. The van der Waals surface area contributed by atoms with Gasteiger partial charge in [-0.25, -0.2) is 8.42 Å². The first kappa shape index (κ1) is 29.0. The molecule has 0 bridgehead atoms. The van der Waals surface area contributed by atoms with E-state index in [9.17, 15) is 22.8 Å². The SMILES string of the molecule is CC[C@H](C(=O)NCC(C)C)N(Cc1ccccc1C)C(=O)CN(c1cccc(C(C)=O)c1)S(C)(=O)=O. The quantitative estimate of drug-likeness (QED) is 0.436. The monoisotopic (exact) mass is 515 g/mol. The maximum Gasteiger partial charge on any atom is 0.244 e. The molecule has 0 aliphatic carbocycles. The van der Waals surface area contributed by atoms with Gasteiger partial charge in [0.2, 0.25) is 21.8 Å². The molecule has 2 amide bonds. The van der Waals surface area contributed by atoms with E-state index in [1.807, 2.05) is 52.0 Å². The third-order valence-corrected chi connectivity index (χ3v) is 7.03. The van der Waals surface area contributed by atoms with Gasteiger partial charge in [0.1, 0.15) is 12.6 Å². The zero-order chi connectivity index (χ0) is 27.0. The number of ketones is 1.